The van der Waals surface area contributed by atoms with E-state index in [0.717, 1.165) is 12.5 Å². The van der Waals surface area contributed by atoms with Gasteiger partial charge in [-0.05, 0) is 25.7 Å². The van der Waals surface area contributed by atoms with Gasteiger partial charge in [0.25, 0.3) is 0 Å². The van der Waals surface area contributed by atoms with Gasteiger partial charge in [-0.2, -0.15) is 0 Å². The minimum atomic E-state index is -0.0521. The Balaban J connectivity index is 0.000000500. The zero-order valence-corrected chi connectivity index (χ0v) is 6.73. The Hall–Kier alpha value is 0.210. The van der Waals surface area contributed by atoms with Crippen molar-refractivity contribution in [3.05, 3.63) is 0 Å². The standard InChI is InChI=1S/C7H13NO.ClH/c9-7-4-2-5-1-3-6(7)8-5;/h5-9H,1-4H2;1H/t5-,6+,7-;/m1./s1. The minimum Gasteiger partial charge on any atom is -0.392 e. The van der Waals surface area contributed by atoms with Crippen LogP contribution in [-0.4, -0.2) is 23.3 Å². The molecule has 2 bridgehead atoms. The summed E-state index contributed by atoms with van der Waals surface area (Å²) in [6.07, 6.45) is 4.61. The number of fused-ring (bicyclic) bond motifs is 2. The molecule has 0 radical (unpaired) electrons. The Labute approximate surface area is 67.4 Å². The SMILES string of the molecule is Cl.O[C@@H]1CC[C@H]2CC[C@@H]1N2. The molecule has 0 aromatic heterocycles. The molecular formula is C7H14ClNO. The molecule has 2 heterocycles. The lowest BCUT2D eigenvalue weighted by Crippen LogP contribution is -2.43. The van der Waals surface area contributed by atoms with Crippen LogP contribution in [0.15, 0.2) is 0 Å². The molecule has 0 saturated carbocycles. The summed E-state index contributed by atoms with van der Waals surface area (Å²) in [4.78, 5) is 0. The Morgan fingerprint density at radius 1 is 1.10 bits per heavy atom. The lowest BCUT2D eigenvalue weighted by Gasteiger charge is -2.25. The second-order valence-corrected chi connectivity index (χ2v) is 3.19. The van der Waals surface area contributed by atoms with Crippen LogP contribution in [0.4, 0.5) is 0 Å². The molecule has 2 aliphatic rings. The third kappa shape index (κ3) is 1.29. The van der Waals surface area contributed by atoms with Gasteiger partial charge in [-0.3, -0.25) is 0 Å². The number of hydrogen-bond donors (Lipinski definition) is 2. The molecule has 2 fully saturated rings. The van der Waals surface area contributed by atoms with E-state index in [1.807, 2.05) is 0 Å². The fourth-order valence-corrected chi connectivity index (χ4v) is 1.95. The number of nitrogens with one attached hydrogen (secondary N) is 1. The Kier molecular flexibility index (Phi) is 2.55. The van der Waals surface area contributed by atoms with Crippen molar-refractivity contribution in [1.82, 2.24) is 5.32 Å². The average Bonchev–Trinajstić information content (AvgIpc) is 2.25. The smallest absolute Gasteiger partial charge is 0.0693 e. The van der Waals surface area contributed by atoms with E-state index in [2.05, 4.69) is 5.32 Å². The fraction of sp³-hybridized carbons (Fsp3) is 1.00. The summed E-state index contributed by atoms with van der Waals surface area (Å²) in [6.45, 7) is 0. The van der Waals surface area contributed by atoms with Crippen LogP contribution in [0, 0.1) is 0 Å². The van der Waals surface area contributed by atoms with Crippen molar-refractivity contribution in [3.8, 4) is 0 Å². The highest BCUT2D eigenvalue weighted by atomic mass is 35.5. The van der Waals surface area contributed by atoms with Gasteiger partial charge >= 0.3 is 0 Å². The van der Waals surface area contributed by atoms with Crippen molar-refractivity contribution < 1.29 is 5.11 Å². The number of rotatable bonds is 0. The highest BCUT2D eigenvalue weighted by Crippen LogP contribution is 2.26. The van der Waals surface area contributed by atoms with E-state index in [1.54, 1.807) is 0 Å². The van der Waals surface area contributed by atoms with Crippen molar-refractivity contribution in [2.45, 2.75) is 43.9 Å². The summed E-state index contributed by atoms with van der Waals surface area (Å²) in [7, 11) is 0. The summed E-state index contributed by atoms with van der Waals surface area (Å²) >= 11 is 0. The van der Waals surface area contributed by atoms with Gasteiger partial charge in [-0.1, -0.05) is 0 Å². The van der Waals surface area contributed by atoms with Crippen molar-refractivity contribution in [2.24, 2.45) is 0 Å². The van der Waals surface area contributed by atoms with Gasteiger partial charge in [-0.15, -0.1) is 12.4 Å². The highest BCUT2D eigenvalue weighted by molar-refractivity contribution is 5.85. The fourth-order valence-electron chi connectivity index (χ4n) is 1.95. The molecule has 0 aromatic carbocycles. The molecule has 2 N–H and O–H groups in total. The molecule has 0 aliphatic carbocycles. The number of halogens is 1. The van der Waals surface area contributed by atoms with Gasteiger partial charge in [0, 0.05) is 12.1 Å². The maximum absolute atomic E-state index is 9.33. The second kappa shape index (κ2) is 3.07. The van der Waals surface area contributed by atoms with E-state index < -0.39 is 0 Å². The molecule has 0 spiro atoms. The van der Waals surface area contributed by atoms with Crippen LogP contribution in [0.2, 0.25) is 0 Å². The third-order valence-electron chi connectivity index (χ3n) is 2.55. The van der Waals surface area contributed by atoms with Crippen LogP contribution in [0.1, 0.15) is 25.7 Å². The van der Waals surface area contributed by atoms with Gasteiger partial charge in [0.1, 0.15) is 0 Å². The predicted molar refractivity (Wildman–Crippen MR) is 42.4 cm³/mol. The largest absolute Gasteiger partial charge is 0.392 e. The molecule has 3 atom stereocenters. The van der Waals surface area contributed by atoms with Crippen LogP contribution in [0.5, 0.6) is 0 Å². The maximum Gasteiger partial charge on any atom is 0.0693 e. The van der Waals surface area contributed by atoms with Crippen molar-refractivity contribution in [3.63, 3.8) is 0 Å². The van der Waals surface area contributed by atoms with Crippen molar-refractivity contribution >= 4 is 12.4 Å². The third-order valence-corrected chi connectivity index (χ3v) is 2.55. The van der Waals surface area contributed by atoms with E-state index in [-0.39, 0.29) is 18.5 Å². The van der Waals surface area contributed by atoms with Crippen LogP contribution in [0.3, 0.4) is 0 Å². The van der Waals surface area contributed by atoms with Gasteiger partial charge < -0.3 is 10.4 Å². The van der Waals surface area contributed by atoms with Crippen molar-refractivity contribution in [2.75, 3.05) is 0 Å². The number of aliphatic hydroxyl groups is 1. The molecule has 2 nitrogen and oxygen atoms in total. The zero-order chi connectivity index (χ0) is 6.27. The Morgan fingerprint density at radius 3 is 2.50 bits per heavy atom. The summed E-state index contributed by atoms with van der Waals surface area (Å²) in [5.74, 6) is 0. The lowest BCUT2D eigenvalue weighted by molar-refractivity contribution is 0.103. The van der Waals surface area contributed by atoms with E-state index in [1.165, 1.54) is 19.3 Å². The summed E-state index contributed by atoms with van der Waals surface area (Å²) in [5.41, 5.74) is 0. The summed E-state index contributed by atoms with van der Waals surface area (Å²) < 4.78 is 0. The summed E-state index contributed by atoms with van der Waals surface area (Å²) in [6, 6.07) is 1.17. The molecule has 0 aromatic rings. The van der Waals surface area contributed by atoms with Crippen molar-refractivity contribution in [1.29, 1.82) is 0 Å². The van der Waals surface area contributed by atoms with Gasteiger partial charge in [0.15, 0.2) is 0 Å². The first-order valence-corrected chi connectivity index (χ1v) is 3.80. The number of hydrogen-bond acceptors (Lipinski definition) is 2. The molecule has 0 unspecified atom stereocenters. The molecule has 60 valence electrons. The molecule has 2 saturated heterocycles. The Bertz CT molecular complexity index is 120. The second-order valence-electron chi connectivity index (χ2n) is 3.19. The molecule has 3 heteroatoms. The molecule has 2 aliphatic heterocycles. The quantitative estimate of drug-likeness (QED) is 0.551. The first-order chi connectivity index (χ1) is 4.36. The highest BCUT2D eigenvalue weighted by Gasteiger charge is 2.33. The van der Waals surface area contributed by atoms with Gasteiger partial charge in [-0.25, -0.2) is 0 Å². The first-order valence-electron chi connectivity index (χ1n) is 3.80. The molecule has 0 amide bonds. The average molecular weight is 164 g/mol. The number of aliphatic hydroxyl groups excluding tert-OH is 1. The summed E-state index contributed by atoms with van der Waals surface area (Å²) in [5, 5.41) is 12.7. The Morgan fingerprint density at radius 2 is 1.80 bits per heavy atom. The predicted octanol–water partition coefficient (Wildman–Crippen LogP) is 0.683. The van der Waals surface area contributed by atoms with E-state index in [4.69, 9.17) is 0 Å². The van der Waals surface area contributed by atoms with E-state index in [9.17, 15) is 5.11 Å². The van der Waals surface area contributed by atoms with Crippen LogP contribution >= 0.6 is 12.4 Å². The first kappa shape index (κ1) is 8.31. The molecular weight excluding hydrogens is 150 g/mol. The molecule has 2 rings (SSSR count). The maximum atomic E-state index is 9.33. The van der Waals surface area contributed by atoms with Gasteiger partial charge in [0.2, 0.25) is 0 Å². The van der Waals surface area contributed by atoms with Crippen LogP contribution in [-0.2, 0) is 0 Å². The monoisotopic (exact) mass is 163 g/mol. The number of piperidine rings is 1. The normalized spacial score (nSPS) is 44.7. The van der Waals surface area contributed by atoms with Crippen LogP contribution in [0.25, 0.3) is 0 Å². The van der Waals surface area contributed by atoms with E-state index >= 15 is 0 Å². The van der Waals surface area contributed by atoms with E-state index in [0.29, 0.717) is 6.04 Å². The zero-order valence-electron chi connectivity index (χ0n) is 5.92. The van der Waals surface area contributed by atoms with Gasteiger partial charge in [0.05, 0.1) is 6.10 Å². The van der Waals surface area contributed by atoms with Crippen LogP contribution < -0.4 is 5.32 Å². The minimum absolute atomic E-state index is 0. The lowest BCUT2D eigenvalue weighted by atomic mass is 10.0. The topological polar surface area (TPSA) is 32.3 Å². The molecule has 10 heavy (non-hydrogen) atoms.